The van der Waals surface area contributed by atoms with Crippen molar-refractivity contribution in [2.45, 2.75) is 51.6 Å². The summed E-state index contributed by atoms with van der Waals surface area (Å²) < 4.78 is 0. The molecule has 0 amide bonds. The van der Waals surface area contributed by atoms with Crippen LogP contribution in [-0.2, 0) is 0 Å². The van der Waals surface area contributed by atoms with Gasteiger partial charge in [0.05, 0.1) is 11.6 Å². The van der Waals surface area contributed by atoms with Crippen LogP contribution in [0.4, 0.5) is 0 Å². The molecular formula is C17H21NO. The molecular weight excluding hydrogens is 234 g/mol. The normalized spacial score (nSPS) is 11.2. The van der Waals surface area contributed by atoms with Crippen molar-refractivity contribution in [3.63, 3.8) is 0 Å². The van der Waals surface area contributed by atoms with Crippen LogP contribution in [0.15, 0.2) is 24.3 Å². The molecule has 0 heterocycles. The molecule has 0 saturated carbocycles. The van der Waals surface area contributed by atoms with Crippen molar-refractivity contribution in [1.29, 1.82) is 5.26 Å². The van der Waals surface area contributed by atoms with Crippen LogP contribution in [0, 0.1) is 23.2 Å². The highest BCUT2D eigenvalue weighted by molar-refractivity contribution is 5.34. The Bertz CT molecular complexity index is 459. The third-order valence-electron chi connectivity index (χ3n) is 3.00. The Morgan fingerprint density at radius 2 is 1.79 bits per heavy atom. The summed E-state index contributed by atoms with van der Waals surface area (Å²) in [7, 11) is 0. The maximum atomic E-state index is 9.87. The first-order valence-corrected chi connectivity index (χ1v) is 6.94. The average Bonchev–Trinajstić information content (AvgIpc) is 2.46. The average molecular weight is 255 g/mol. The Morgan fingerprint density at radius 1 is 1.11 bits per heavy atom. The Labute approximate surface area is 116 Å². The molecule has 0 aliphatic carbocycles. The number of benzene rings is 1. The minimum absolute atomic E-state index is 0.597. The standard InChI is InChI=1S/C17H21NO/c1-2-3-4-5-6-7-8-9-17(19)16-12-10-15(14-18)11-13-16/h10-13,17,19H,2-7H2,1H3. The summed E-state index contributed by atoms with van der Waals surface area (Å²) in [6.07, 6.45) is 6.24. The second-order valence-corrected chi connectivity index (χ2v) is 4.62. The second-order valence-electron chi connectivity index (χ2n) is 4.62. The van der Waals surface area contributed by atoms with Crippen LogP contribution in [0.5, 0.6) is 0 Å². The molecule has 1 aromatic rings. The lowest BCUT2D eigenvalue weighted by molar-refractivity contribution is 0.238. The molecule has 1 unspecified atom stereocenters. The molecule has 1 N–H and O–H groups in total. The van der Waals surface area contributed by atoms with Gasteiger partial charge in [-0.2, -0.15) is 5.26 Å². The molecule has 1 aromatic carbocycles. The van der Waals surface area contributed by atoms with E-state index in [2.05, 4.69) is 24.8 Å². The molecule has 2 heteroatoms. The minimum atomic E-state index is -0.747. The summed E-state index contributed by atoms with van der Waals surface area (Å²) in [5.41, 5.74) is 1.34. The van der Waals surface area contributed by atoms with Gasteiger partial charge in [-0.05, 0) is 24.1 Å². The summed E-state index contributed by atoms with van der Waals surface area (Å²) >= 11 is 0. The fraction of sp³-hybridized carbons (Fsp3) is 0.471. The van der Waals surface area contributed by atoms with E-state index in [0.29, 0.717) is 5.56 Å². The molecule has 0 saturated heterocycles. The van der Waals surface area contributed by atoms with Crippen LogP contribution < -0.4 is 0 Å². The molecule has 0 aliphatic heterocycles. The Kier molecular flexibility index (Phi) is 7.40. The van der Waals surface area contributed by atoms with Crippen molar-refractivity contribution in [1.82, 2.24) is 0 Å². The smallest absolute Gasteiger partial charge is 0.140 e. The third-order valence-corrected chi connectivity index (χ3v) is 3.00. The van der Waals surface area contributed by atoms with E-state index < -0.39 is 6.10 Å². The SMILES string of the molecule is CCCCCCCC#CC(O)c1ccc(C#N)cc1. The first-order chi connectivity index (χ1) is 9.27. The van der Waals surface area contributed by atoms with Gasteiger partial charge in [0.25, 0.3) is 0 Å². The van der Waals surface area contributed by atoms with E-state index in [9.17, 15) is 5.11 Å². The second kappa shape index (κ2) is 9.20. The van der Waals surface area contributed by atoms with Crippen molar-refractivity contribution in [2.24, 2.45) is 0 Å². The Hall–Kier alpha value is -1.77. The van der Waals surface area contributed by atoms with Gasteiger partial charge < -0.3 is 5.11 Å². The summed E-state index contributed by atoms with van der Waals surface area (Å²) in [6.45, 7) is 2.20. The molecule has 2 nitrogen and oxygen atoms in total. The van der Waals surface area contributed by atoms with Crippen molar-refractivity contribution in [3.05, 3.63) is 35.4 Å². The van der Waals surface area contributed by atoms with Gasteiger partial charge in [-0.1, -0.05) is 50.7 Å². The van der Waals surface area contributed by atoms with Gasteiger partial charge >= 0.3 is 0 Å². The lowest BCUT2D eigenvalue weighted by Crippen LogP contribution is -1.93. The number of rotatable bonds is 6. The molecule has 0 spiro atoms. The monoisotopic (exact) mass is 255 g/mol. The number of hydrogen-bond donors (Lipinski definition) is 1. The third kappa shape index (κ3) is 6.09. The van der Waals surface area contributed by atoms with E-state index in [1.54, 1.807) is 24.3 Å². The van der Waals surface area contributed by atoms with Gasteiger partial charge in [-0.15, -0.1) is 5.92 Å². The van der Waals surface area contributed by atoms with Gasteiger partial charge in [0, 0.05) is 6.42 Å². The number of nitrogens with zero attached hydrogens (tertiary/aromatic N) is 1. The zero-order valence-electron chi connectivity index (χ0n) is 11.5. The van der Waals surface area contributed by atoms with E-state index >= 15 is 0 Å². The lowest BCUT2D eigenvalue weighted by Gasteiger charge is -2.02. The van der Waals surface area contributed by atoms with Gasteiger partial charge in [0.2, 0.25) is 0 Å². The Morgan fingerprint density at radius 3 is 2.42 bits per heavy atom. The van der Waals surface area contributed by atoms with E-state index in [4.69, 9.17) is 5.26 Å². The van der Waals surface area contributed by atoms with E-state index in [1.165, 1.54) is 25.7 Å². The summed E-state index contributed by atoms with van der Waals surface area (Å²) in [5.74, 6) is 5.87. The van der Waals surface area contributed by atoms with Gasteiger partial charge in [-0.25, -0.2) is 0 Å². The molecule has 0 aliphatic rings. The first-order valence-electron chi connectivity index (χ1n) is 6.94. The summed E-state index contributed by atoms with van der Waals surface area (Å²) in [4.78, 5) is 0. The van der Waals surface area contributed by atoms with Crippen LogP contribution in [0.25, 0.3) is 0 Å². The number of unbranched alkanes of at least 4 members (excludes halogenated alkanes) is 5. The van der Waals surface area contributed by atoms with Crippen LogP contribution in [0.1, 0.15) is 62.7 Å². The molecule has 1 atom stereocenters. The van der Waals surface area contributed by atoms with Crippen molar-refractivity contribution in [2.75, 3.05) is 0 Å². The van der Waals surface area contributed by atoms with Crippen molar-refractivity contribution in [3.8, 4) is 17.9 Å². The van der Waals surface area contributed by atoms with Crippen LogP contribution in [-0.4, -0.2) is 5.11 Å². The van der Waals surface area contributed by atoms with Gasteiger partial charge in [0.15, 0.2) is 0 Å². The minimum Gasteiger partial charge on any atom is -0.376 e. The van der Waals surface area contributed by atoms with Crippen LogP contribution in [0.2, 0.25) is 0 Å². The zero-order chi connectivity index (χ0) is 13.9. The number of nitriles is 1. The molecule has 1 rings (SSSR count). The molecule has 19 heavy (non-hydrogen) atoms. The van der Waals surface area contributed by atoms with Gasteiger partial charge in [-0.3, -0.25) is 0 Å². The molecule has 0 aromatic heterocycles. The lowest BCUT2D eigenvalue weighted by atomic mass is 10.1. The van der Waals surface area contributed by atoms with E-state index in [0.717, 1.165) is 18.4 Å². The number of aliphatic hydroxyl groups excluding tert-OH is 1. The van der Waals surface area contributed by atoms with E-state index in [1.807, 2.05) is 0 Å². The fourth-order valence-corrected chi connectivity index (χ4v) is 1.81. The quantitative estimate of drug-likeness (QED) is 0.617. The molecule has 100 valence electrons. The van der Waals surface area contributed by atoms with Crippen molar-refractivity contribution < 1.29 is 5.11 Å². The highest BCUT2D eigenvalue weighted by Crippen LogP contribution is 2.12. The van der Waals surface area contributed by atoms with Gasteiger partial charge in [0.1, 0.15) is 6.10 Å². The number of aliphatic hydroxyl groups is 1. The van der Waals surface area contributed by atoms with Crippen LogP contribution >= 0.6 is 0 Å². The first kappa shape index (κ1) is 15.3. The fourth-order valence-electron chi connectivity index (χ4n) is 1.81. The highest BCUT2D eigenvalue weighted by Gasteiger charge is 2.02. The summed E-state index contributed by atoms with van der Waals surface area (Å²) in [6, 6.07) is 8.95. The molecule has 0 fully saturated rings. The van der Waals surface area contributed by atoms with Crippen LogP contribution in [0.3, 0.4) is 0 Å². The Balaban J connectivity index is 2.34. The topological polar surface area (TPSA) is 44.0 Å². The predicted molar refractivity (Wildman–Crippen MR) is 77.3 cm³/mol. The van der Waals surface area contributed by atoms with E-state index in [-0.39, 0.29) is 0 Å². The maximum Gasteiger partial charge on any atom is 0.140 e. The largest absolute Gasteiger partial charge is 0.376 e. The maximum absolute atomic E-state index is 9.87. The predicted octanol–water partition coefficient (Wildman–Crippen LogP) is 3.96. The molecule has 0 bridgehead atoms. The van der Waals surface area contributed by atoms with Crippen molar-refractivity contribution >= 4 is 0 Å². The summed E-state index contributed by atoms with van der Waals surface area (Å²) in [5, 5.41) is 18.6. The highest BCUT2D eigenvalue weighted by atomic mass is 16.3. The number of hydrogen-bond acceptors (Lipinski definition) is 2. The molecule has 0 radical (unpaired) electrons. The zero-order valence-corrected chi connectivity index (χ0v) is 11.5.